The SMILES string of the molecule is C[C@H]1CCCN(c2nc3c(c(=O)[nH]2)[C@@H](C(=O)Nc2ccc(Oc4ccccc4)cc2)CC(=O)N3)C1. The van der Waals surface area contributed by atoms with Gasteiger partial charge in [0.1, 0.15) is 17.3 Å². The van der Waals surface area contributed by atoms with Crippen LogP contribution in [0.1, 0.15) is 37.7 Å². The van der Waals surface area contributed by atoms with E-state index in [1.807, 2.05) is 35.2 Å². The second kappa shape index (κ2) is 9.61. The molecule has 3 aromatic rings. The summed E-state index contributed by atoms with van der Waals surface area (Å²) in [6, 6.07) is 16.3. The topological polar surface area (TPSA) is 116 Å². The highest BCUT2D eigenvalue weighted by molar-refractivity contribution is 6.04. The predicted octanol–water partition coefficient (Wildman–Crippen LogP) is 3.86. The number of rotatable bonds is 5. The zero-order valence-electron chi connectivity index (χ0n) is 19.4. The minimum atomic E-state index is -0.940. The lowest BCUT2D eigenvalue weighted by Crippen LogP contribution is -2.40. The number of piperidine rings is 1. The van der Waals surface area contributed by atoms with Gasteiger partial charge in [0.15, 0.2) is 0 Å². The lowest BCUT2D eigenvalue weighted by Gasteiger charge is -2.32. The van der Waals surface area contributed by atoms with Crippen molar-refractivity contribution < 1.29 is 14.3 Å². The Kier molecular flexibility index (Phi) is 6.22. The van der Waals surface area contributed by atoms with Crippen molar-refractivity contribution in [2.45, 2.75) is 32.1 Å². The Labute approximate surface area is 202 Å². The molecule has 2 aromatic carbocycles. The lowest BCUT2D eigenvalue weighted by molar-refractivity contribution is -0.123. The van der Waals surface area contributed by atoms with E-state index in [-0.39, 0.29) is 23.7 Å². The number of H-pyrrole nitrogens is 1. The van der Waals surface area contributed by atoms with Gasteiger partial charge in [0, 0.05) is 25.2 Å². The molecule has 0 unspecified atom stereocenters. The van der Waals surface area contributed by atoms with E-state index in [1.165, 1.54) is 0 Å². The molecule has 35 heavy (non-hydrogen) atoms. The summed E-state index contributed by atoms with van der Waals surface area (Å²) >= 11 is 0. The third-order valence-corrected chi connectivity index (χ3v) is 6.31. The van der Waals surface area contributed by atoms with Crippen molar-refractivity contribution in [3.8, 4) is 11.5 Å². The third-order valence-electron chi connectivity index (χ3n) is 6.31. The second-order valence-electron chi connectivity index (χ2n) is 9.08. The van der Waals surface area contributed by atoms with Crippen LogP contribution in [0.4, 0.5) is 17.5 Å². The van der Waals surface area contributed by atoms with Gasteiger partial charge in [-0.3, -0.25) is 19.4 Å². The van der Waals surface area contributed by atoms with E-state index in [4.69, 9.17) is 4.74 Å². The number of fused-ring (bicyclic) bond motifs is 1. The van der Waals surface area contributed by atoms with Crippen LogP contribution < -0.4 is 25.8 Å². The molecule has 0 aliphatic carbocycles. The number of hydrogen-bond donors (Lipinski definition) is 3. The molecular weight excluding hydrogens is 446 g/mol. The van der Waals surface area contributed by atoms with E-state index in [2.05, 4.69) is 27.5 Å². The van der Waals surface area contributed by atoms with Gasteiger partial charge in [-0.25, -0.2) is 0 Å². The summed E-state index contributed by atoms with van der Waals surface area (Å²) in [6.07, 6.45) is 2.01. The van der Waals surface area contributed by atoms with Gasteiger partial charge >= 0.3 is 0 Å². The molecule has 0 radical (unpaired) electrons. The molecule has 2 amide bonds. The first-order chi connectivity index (χ1) is 17.0. The second-order valence-corrected chi connectivity index (χ2v) is 9.08. The fourth-order valence-electron chi connectivity index (χ4n) is 4.58. The van der Waals surface area contributed by atoms with Crippen LogP contribution in [-0.2, 0) is 9.59 Å². The van der Waals surface area contributed by atoms with Crippen LogP contribution in [0.5, 0.6) is 11.5 Å². The number of anilines is 3. The largest absolute Gasteiger partial charge is 0.457 e. The highest BCUT2D eigenvalue weighted by atomic mass is 16.5. The van der Waals surface area contributed by atoms with E-state index in [9.17, 15) is 14.4 Å². The zero-order valence-corrected chi connectivity index (χ0v) is 19.4. The number of carbonyl (C=O) groups excluding carboxylic acids is 2. The molecule has 180 valence electrons. The Morgan fingerprint density at radius 2 is 1.83 bits per heavy atom. The van der Waals surface area contributed by atoms with Crippen LogP contribution in [0.3, 0.4) is 0 Å². The van der Waals surface area contributed by atoms with Gasteiger partial charge in [-0.1, -0.05) is 25.1 Å². The minimum Gasteiger partial charge on any atom is -0.457 e. The summed E-state index contributed by atoms with van der Waals surface area (Å²) < 4.78 is 5.78. The van der Waals surface area contributed by atoms with Crippen LogP contribution in [-0.4, -0.2) is 34.9 Å². The number of carbonyl (C=O) groups is 2. The molecule has 9 heteroatoms. The Hall–Kier alpha value is -4.14. The molecule has 0 bridgehead atoms. The van der Waals surface area contributed by atoms with Crippen molar-refractivity contribution in [3.63, 3.8) is 0 Å². The first-order valence-corrected chi connectivity index (χ1v) is 11.8. The van der Waals surface area contributed by atoms with Crippen molar-refractivity contribution in [2.75, 3.05) is 28.6 Å². The quantitative estimate of drug-likeness (QED) is 0.518. The maximum Gasteiger partial charge on any atom is 0.258 e. The van der Waals surface area contributed by atoms with E-state index < -0.39 is 17.4 Å². The number of nitrogens with zero attached hydrogens (tertiary/aromatic N) is 2. The van der Waals surface area contributed by atoms with Crippen molar-refractivity contribution in [2.24, 2.45) is 5.92 Å². The Balaban J connectivity index is 1.33. The molecular formula is C26H27N5O4. The Morgan fingerprint density at radius 1 is 1.09 bits per heavy atom. The molecule has 9 nitrogen and oxygen atoms in total. The van der Waals surface area contributed by atoms with E-state index in [1.54, 1.807) is 24.3 Å². The first kappa shape index (κ1) is 22.6. The van der Waals surface area contributed by atoms with Crippen molar-refractivity contribution in [1.29, 1.82) is 0 Å². The number of benzene rings is 2. The Bertz CT molecular complexity index is 1290. The molecule has 0 saturated carbocycles. The Morgan fingerprint density at radius 3 is 2.57 bits per heavy atom. The van der Waals surface area contributed by atoms with E-state index in [0.717, 1.165) is 25.9 Å². The van der Waals surface area contributed by atoms with E-state index in [0.29, 0.717) is 29.1 Å². The highest BCUT2D eigenvalue weighted by Gasteiger charge is 2.35. The smallest absolute Gasteiger partial charge is 0.258 e. The van der Waals surface area contributed by atoms with Crippen LogP contribution in [0.2, 0.25) is 0 Å². The van der Waals surface area contributed by atoms with E-state index >= 15 is 0 Å². The molecule has 1 saturated heterocycles. The maximum absolute atomic E-state index is 13.1. The summed E-state index contributed by atoms with van der Waals surface area (Å²) in [7, 11) is 0. The van der Waals surface area contributed by atoms with Gasteiger partial charge in [-0.05, 0) is 55.2 Å². The number of hydrogen-bond acceptors (Lipinski definition) is 6. The lowest BCUT2D eigenvalue weighted by atomic mass is 9.92. The summed E-state index contributed by atoms with van der Waals surface area (Å²) in [5.74, 6) is 0.675. The number of para-hydroxylation sites is 1. The number of nitrogens with one attached hydrogen (secondary N) is 3. The molecule has 3 heterocycles. The maximum atomic E-state index is 13.1. The van der Waals surface area contributed by atoms with Crippen LogP contribution in [0, 0.1) is 5.92 Å². The van der Waals surface area contributed by atoms with Gasteiger partial charge in [0.05, 0.1) is 11.5 Å². The van der Waals surface area contributed by atoms with Crippen LogP contribution in [0.25, 0.3) is 0 Å². The van der Waals surface area contributed by atoms with Crippen molar-refractivity contribution in [3.05, 3.63) is 70.5 Å². The average Bonchev–Trinajstić information content (AvgIpc) is 2.85. The molecule has 1 fully saturated rings. The zero-order chi connectivity index (χ0) is 24.4. The molecule has 2 aliphatic heterocycles. The van der Waals surface area contributed by atoms with Crippen LogP contribution in [0.15, 0.2) is 59.4 Å². The summed E-state index contributed by atoms with van der Waals surface area (Å²) in [6.45, 7) is 3.72. The minimum absolute atomic E-state index is 0.126. The van der Waals surface area contributed by atoms with Gasteiger partial charge in [0.2, 0.25) is 17.8 Å². The molecule has 2 aliphatic rings. The number of aromatic amines is 1. The average molecular weight is 474 g/mol. The molecule has 3 N–H and O–H groups in total. The number of aromatic nitrogens is 2. The normalized spacial score (nSPS) is 19.5. The van der Waals surface area contributed by atoms with Gasteiger partial charge < -0.3 is 20.3 Å². The summed E-state index contributed by atoms with van der Waals surface area (Å²) in [5, 5.41) is 5.49. The monoisotopic (exact) mass is 473 g/mol. The highest BCUT2D eigenvalue weighted by Crippen LogP contribution is 2.31. The standard InChI is InChI=1S/C26H27N5O4/c1-16-6-5-13-31(15-16)26-29-23-22(25(34)30-26)20(14-21(32)28-23)24(33)27-17-9-11-19(12-10-17)35-18-7-3-2-4-8-18/h2-4,7-12,16,20H,5-6,13-15H2,1H3,(H,27,33)(H2,28,29,30,32,34)/t16-,20-/m0/s1. The molecule has 2 atom stereocenters. The first-order valence-electron chi connectivity index (χ1n) is 11.8. The number of ether oxygens (including phenoxy) is 1. The fourth-order valence-corrected chi connectivity index (χ4v) is 4.58. The molecule has 0 spiro atoms. The molecule has 5 rings (SSSR count). The van der Waals surface area contributed by atoms with Crippen molar-refractivity contribution in [1.82, 2.24) is 9.97 Å². The number of amides is 2. The summed E-state index contributed by atoms with van der Waals surface area (Å²) in [4.78, 5) is 47.9. The predicted molar refractivity (Wildman–Crippen MR) is 133 cm³/mol. The third kappa shape index (κ3) is 5.03. The van der Waals surface area contributed by atoms with Gasteiger partial charge in [-0.2, -0.15) is 4.98 Å². The van der Waals surface area contributed by atoms with Gasteiger partial charge in [0.25, 0.3) is 5.56 Å². The molecule has 1 aromatic heterocycles. The van der Waals surface area contributed by atoms with Crippen LogP contribution >= 0.6 is 0 Å². The van der Waals surface area contributed by atoms with Crippen molar-refractivity contribution >= 4 is 29.3 Å². The summed E-state index contributed by atoms with van der Waals surface area (Å²) in [5.41, 5.74) is 0.307. The fraction of sp³-hybridized carbons (Fsp3) is 0.308. The van der Waals surface area contributed by atoms with Gasteiger partial charge in [-0.15, -0.1) is 0 Å².